The first-order valence-electron chi connectivity index (χ1n) is 17.9. The van der Waals surface area contributed by atoms with Gasteiger partial charge in [-0.25, -0.2) is 0 Å². The molecule has 0 aliphatic carbocycles. The second-order valence-electron chi connectivity index (χ2n) is 13.5. The molecule has 0 bridgehead atoms. The summed E-state index contributed by atoms with van der Waals surface area (Å²) in [5.74, 6) is 0. The van der Waals surface area contributed by atoms with Gasteiger partial charge in [-0.05, 0) is 0 Å². The molecule has 0 aromatic heterocycles. The average molecular weight is 836 g/mol. The number of hydrogen-bond donors (Lipinski definition) is 0. The third-order valence-corrected chi connectivity index (χ3v) is 26.0. The molecule has 2 heterocycles. The molecule has 16 nitrogen and oxygen atoms in total. The van der Waals surface area contributed by atoms with E-state index < -0.39 is 71.6 Å². The van der Waals surface area contributed by atoms with Crippen molar-refractivity contribution in [2.24, 2.45) is 0 Å². The van der Waals surface area contributed by atoms with Crippen LogP contribution in [0.1, 0.15) is 96.9 Å². The summed E-state index contributed by atoms with van der Waals surface area (Å²) in [6.45, 7) is 23.3. The van der Waals surface area contributed by atoms with Gasteiger partial charge in [0.25, 0.3) is 0 Å². The van der Waals surface area contributed by atoms with Gasteiger partial charge in [0, 0.05) is 0 Å². The molecule has 0 aromatic rings. The third kappa shape index (κ3) is 10.1. The molecule has 2 aliphatic rings. The Morgan fingerprint density at radius 3 is 1.06 bits per heavy atom. The molecule has 51 heavy (non-hydrogen) atoms. The van der Waals surface area contributed by atoms with Crippen LogP contribution in [0.4, 0.5) is 0 Å². The second-order valence-corrected chi connectivity index (χ2v) is 26.7. The maximum absolute atomic E-state index is 15.0. The van der Waals surface area contributed by atoms with Gasteiger partial charge in [0.15, 0.2) is 0 Å². The summed E-state index contributed by atoms with van der Waals surface area (Å²) in [5, 5.41) is -3.16. The zero-order chi connectivity index (χ0) is 39.2. The van der Waals surface area contributed by atoms with Crippen molar-refractivity contribution in [1.82, 2.24) is 4.67 Å². The van der Waals surface area contributed by atoms with Crippen LogP contribution in [0.5, 0.6) is 0 Å². The first-order valence-corrected chi connectivity index (χ1v) is 26.5. The van der Waals surface area contributed by atoms with Crippen LogP contribution in [-0.2, 0) is 68.0 Å². The molecule has 0 atom stereocenters. The Labute approximate surface area is 306 Å². The number of rotatable bonds is 24. The van der Waals surface area contributed by atoms with Crippen LogP contribution in [0.25, 0.3) is 0 Å². The molecule has 0 N–H and O–H groups in total. The Morgan fingerprint density at radius 1 is 0.510 bits per heavy atom. The maximum atomic E-state index is 15.0. The SMILES string of the molecule is CCOP(=O)(OCC)C(CN1CC(C)(C)OP12(CC(P(=O)(OCC)OCC)P(=O)(OCC)OCC)OC(C)(C)C(C)(C)O2)P(=O)(OCC)OCC. The quantitative estimate of drug-likeness (QED) is 0.0840. The van der Waals surface area contributed by atoms with Gasteiger partial charge in [-0.3, -0.25) is 0 Å². The van der Waals surface area contributed by atoms with Crippen LogP contribution in [0, 0.1) is 0 Å². The van der Waals surface area contributed by atoms with Crippen LogP contribution >= 0.6 is 37.8 Å². The Bertz CT molecular complexity index is 1230. The van der Waals surface area contributed by atoms with Gasteiger partial charge in [-0.2, -0.15) is 0 Å². The minimum absolute atomic E-state index is 0.0372. The topological polar surface area (TPSA) is 173 Å². The third-order valence-electron chi connectivity index (χ3n) is 8.58. The van der Waals surface area contributed by atoms with E-state index in [0.29, 0.717) is 0 Å². The van der Waals surface area contributed by atoms with E-state index in [4.69, 9.17) is 49.8 Å². The van der Waals surface area contributed by atoms with E-state index in [0.717, 1.165) is 0 Å². The van der Waals surface area contributed by atoms with Crippen molar-refractivity contribution in [3.63, 3.8) is 0 Å². The molecule has 2 saturated heterocycles. The summed E-state index contributed by atoms with van der Waals surface area (Å²) < 4.78 is 129. The van der Waals surface area contributed by atoms with Gasteiger partial charge in [0.1, 0.15) is 0 Å². The van der Waals surface area contributed by atoms with Crippen molar-refractivity contribution in [2.45, 2.75) is 125 Å². The predicted molar refractivity (Wildman–Crippen MR) is 200 cm³/mol. The monoisotopic (exact) mass is 835 g/mol. The minimum atomic E-state index is -5.10. The molecule has 2 fully saturated rings. The molecule has 0 saturated carbocycles. The Morgan fingerprint density at radius 2 is 0.784 bits per heavy atom. The normalized spacial score (nSPS) is 22.5. The summed E-state index contributed by atoms with van der Waals surface area (Å²) in [7, 11) is -22.5. The summed E-state index contributed by atoms with van der Waals surface area (Å²) in [6, 6.07) is 0. The Kier molecular flexibility index (Phi) is 16.9. The zero-order valence-electron chi connectivity index (χ0n) is 33.2. The van der Waals surface area contributed by atoms with Gasteiger partial charge >= 0.3 is 307 Å². The molecule has 0 unspecified atom stereocenters. The first-order chi connectivity index (χ1) is 23.5. The summed E-state index contributed by atoms with van der Waals surface area (Å²) in [6.07, 6.45) is -0.496. The van der Waals surface area contributed by atoms with E-state index in [9.17, 15) is 18.3 Å². The molecule has 2 rings (SSSR count). The van der Waals surface area contributed by atoms with Crippen molar-refractivity contribution in [2.75, 3.05) is 72.1 Å². The number of nitrogens with zero attached hydrogens (tertiary/aromatic N) is 1. The van der Waals surface area contributed by atoms with Crippen LogP contribution in [-0.4, -0.2) is 104 Å². The standard InChI is InChI=1S/C30H66NO15P5/c1-15-36-47(32,37-16-2)26(48(33,38-17-3)39-18-4)23-31-25-28(9,10)44-51(31,45-29(11,12)30(13,14)46-51)24-27(49(34,40-19-5)41-20-6)50(35,42-21-7)43-22-8/h26-27H,15-25H2,1-14H3. The fourth-order valence-electron chi connectivity index (χ4n) is 6.37. The molecule has 0 aromatic carbocycles. The van der Waals surface area contributed by atoms with Crippen molar-refractivity contribution in [3.05, 3.63) is 0 Å². The van der Waals surface area contributed by atoms with E-state index in [1.54, 1.807) is 73.9 Å². The van der Waals surface area contributed by atoms with Crippen LogP contribution in [0.15, 0.2) is 0 Å². The zero-order valence-corrected chi connectivity index (χ0v) is 37.7. The molecule has 1 spiro atoms. The second kappa shape index (κ2) is 18.0. The van der Waals surface area contributed by atoms with Gasteiger partial charge in [-0.1, -0.05) is 0 Å². The molecular weight excluding hydrogens is 769 g/mol. The van der Waals surface area contributed by atoms with Crippen molar-refractivity contribution in [3.8, 4) is 0 Å². The predicted octanol–water partition coefficient (Wildman–Crippen LogP) is 9.63. The van der Waals surface area contributed by atoms with Crippen molar-refractivity contribution in [1.29, 1.82) is 0 Å². The van der Waals surface area contributed by atoms with E-state index in [2.05, 4.69) is 0 Å². The molecule has 0 radical (unpaired) electrons. The van der Waals surface area contributed by atoms with Gasteiger partial charge in [0.2, 0.25) is 0 Å². The average Bonchev–Trinajstić information content (AvgIpc) is 3.30. The van der Waals surface area contributed by atoms with E-state index in [1.165, 1.54) is 0 Å². The summed E-state index contributed by atoms with van der Waals surface area (Å²) >= 11 is 0. The number of hydrogen-bond acceptors (Lipinski definition) is 16. The van der Waals surface area contributed by atoms with Crippen LogP contribution in [0.3, 0.4) is 0 Å². The van der Waals surface area contributed by atoms with E-state index in [-0.39, 0.29) is 65.9 Å². The van der Waals surface area contributed by atoms with Crippen molar-refractivity contribution >= 4 is 37.8 Å². The fraction of sp³-hybridized carbons (Fsp3) is 1.00. The van der Waals surface area contributed by atoms with E-state index >= 15 is 0 Å². The Balaban J connectivity index is 3.16. The van der Waals surface area contributed by atoms with Gasteiger partial charge < -0.3 is 0 Å². The molecular formula is C30H66NO15P5. The van der Waals surface area contributed by atoms with Crippen molar-refractivity contribution < 1.29 is 68.0 Å². The van der Waals surface area contributed by atoms with Gasteiger partial charge in [-0.15, -0.1) is 0 Å². The molecule has 21 heteroatoms. The molecule has 306 valence electrons. The Hall–Kier alpha value is 0.870. The molecule has 0 amide bonds. The molecule has 2 aliphatic heterocycles. The van der Waals surface area contributed by atoms with Crippen LogP contribution in [0.2, 0.25) is 0 Å². The summed E-state index contributed by atoms with van der Waals surface area (Å²) in [5.41, 5.74) is -3.26. The summed E-state index contributed by atoms with van der Waals surface area (Å²) in [4.78, 5) is 0. The first kappa shape index (κ1) is 48.0. The van der Waals surface area contributed by atoms with E-state index in [1.807, 2.05) is 27.7 Å². The fourth-order valence-corrected chi connectivity index (χ4v) is 25.4. The van der Waals surface area contributed by atoms with Gasteiger partial charge in [0.05, 0.1) is 0 Å². The van der Waals surface area contributed by atoms with Crippen LogP contribution < -0.4 is 0 Å².